The summed E-state index contributed by atoms with van der Waals surface area (Å²) < 4.78 is 0. The Balaban J connectivity index is 1.60. The van der Waals surface area contributed by atoms with E-state index in [2.05, 4.69) is 78.9 Å². The van der Waals surface area contributed by atoms with Crippen molar-refractivity contribution in [2.45, 2.75) is 31.3 Å². The summed E-state index contributed by atoms with van der Waals surface area (Å²) in [6.07, 6.45) is 2.47. The summed E-state index contributed by atoms with van der Waals surface area (Å²) in [7, 11) is 4.23. The summed E-state index contributed by atoms with van der Waals surface area (Å²) >= 11 is 0. The number of hydrogen-bond donors (Lipinski definition) is 1. The number of rotatable bonds is 5. The van der Waals surface area contributed by atoms with E-state index in [1.54, 1.807) is 0 Å². The molecule has 0 heterocycles. The van der Waals surface area contributed by atoms with Crippen LogP contribution in [0.2, 0.25) is 0 Å². The summed E-state index contributed by atoms with van der Waals surface area (Å²) in [6, 6.07) is 20.2. The van der Waals surface area contributed by atoms with E-state index in [4.69, 9.17) is 0 Å². The molecule has 21 heavy (non-hydrogen) atoms. The molecule has 0 aliphatic heterocycles. The molecule has 0 unspecified atom stereocenters. The van der Waals surface area contributed by atoms with E-state index in [1.807, 2.05) is 0 Å². The number of hydrogen-bond acceptors (Lipinski definition) is 2. The average molecular weight is 280 g/mol. The van der Waals surface area contributed by atoms with Gasteiger partial charge in [0.05, 0.1) is 0 Å². The van der Waals surface area contributed by atoms with Gasteiger partial charge < -0.3 is 10.2 Å². The molecule has 1 fully saturated rings. The quantitative estimate of drug-likeness (QED) is 0.887. The molecule has 3 rings (SSSR count). The molecule has 1 aliphatic rings. The van der Waals surface area contributed by atoms with Crippen LogP contribution < -0.4 is 5.32 Å². The van der Waals surface area contributed by atoms with E-state index in [0.29, 0.717) is 6.04 Å². The van der Waals surface area contributed by atoms with Gasteiger partial charge in [-0.3, -0.25) is 0 Å². The van der Waals surface area contributed by atoms with Crippen molar-refractivity contribution in [1.29, 1.82) is 0 Å². The SMILES string of the molecule is CN(C)Cc1ccccc1NC1CC(c2ccccc2)C1. The second-order valence-electron chi connectivity index (χ2n) is 6.32. The van der Waals surface area contributed by atoms with Gasteiger partial charge in [0, 0.05) is 18.3 Å². The smallest absolute Gasteiger partial charge is 0.0388 e. The first-order valence-electron chi connectivity index (χ1n) is 7.76. The number of nitrogens with zero attached hydrogens (tertiary/aromatic N) is 1. The first kappa shape index (κ1) is 14.2. The van der Waals surface area contributed by atoms with Crippen molar-refractivity contribution in [3.05, 3.63) is 65.7 Å². The van der Waals surface area contributed by atoms with E-state index in [0.717, 1.165) is 12.5 Å². The Hall–Kier alpha value is -1.80. The van der Waals surface area contributed by atoms with Crippen molar-refractivity contribution in [3.8, 4) is 0 Å². The predicted molar refractivity (Wildman–Crippen MR) is 89.7 cm³/mol. The van der Waals surface area contributed by atoms with Gasteiger partial charge in [-0.05, 0) is 50.0 Å². The third-order valence-electron chi connectivity index (χ3n) is 4.27. The van der Waals surface area contributed by atoms with E-state index < -0.39 is 0 Å². The lowest BCUT2D eigenvalue weighted by Gasteiger charge is -2.37. The van der Waals surface area contributed by atoms with Gasteiger partial charge in [-0.15, -0.1) is 0 Å². The van der Waals surface area contributed by atoms with Crippen LogP contribution in [0.4, 0.5) is 5.69 Å². The molecule has 0 bridgehead atoms. The predicted octanol–water partition coefficient (Wildman–Crippen LogP) is 4.11. The van der Waals surface area contributed by atoms with Gasteiger partial charge in [0.25, 0.3) is 0 Å². The maximum Gasteiger partial charge on any atom is 0.0388 e. The Morgan fingerprint density at radius 2 is 1.62 bits per heavy atom. The van der Waals surface area contributed by atoms with Crippen LogP contribution >= 0.6 is 0 Å². The van der Waals surface area contributed by atoms with Crippen molar-refractivity contribution < 1.29 is 0 Å². The zero-order valence-corrected chi connectivity index (χ0v) is 12.9. The summed E-state index contributed by atoms with van der Waals surface area (Å²) in [6.45, 7) is 0.984. The second-order valence-corrected chi connectivity index (χ2v) is 6.32. The average Bonchev–Trinajstić information content (AvgIpc) is 2.44. The molecule has 0 amide bonds. The van der Waals surface area contributed by atoms with Crippen molar-refractivity contribution >= 4 is 5.69 Å². The van der Waals surface area contributed by atoms with E-state index in [1.165, 1.54) is 29.7 Å². The molecule has 1 saturated carbocycles. The molecule has 0 atom stereocenters. The fraction of sp³-hybridized carbons (Fsp3) is 0.368. The lowest BCUT2D eigenvalue weighted by Crippen LogP contribution is -2.34. The Morgan fingerprint density at radius 1 is 0.952 bits per heavy atom. The van der Waals surface area contributed by atoms with E-state index in [-0.39, 0.29) is 0 Å². The minimum absolute atomic E-state index is 0.610. The van der Waals surface area contributed by atoms with Gasteiger partial charge in [-0.1, -0.05) is 48.5 Å². The van der Waals surface area contributed by atoms with Crippen LogP contribution in [0.1, 0.15) is 29.9 Å². The van der Waals surface area contributed by atoms with E-state index >= 15 is 0 Å². The van der Waals surface area contributed by atoms with Crippen molar-refractivity contribution in [1.82, 2.24) is 4.90 Å². The fourth-order valence-electron chi connectivity index (χ4n) is 3.09. The molecular weight excluding hydrogens is 256 g/mol. The standard InChI is InChI=1S/C19H24N2/c1-21(2)14-16-10-6-7-11-19(16)20-18-12-17(13-18)15-8-4-3-5-9-15/h3-11,17-18,20H,12-14H2,1-2H3. The maximum atomic E-state index is 3.73. The maximum absolute atomic E-state index is 3.73. The van der Waals surface area contributed by atoms with E-state index in [9.17, 15) is 0 Å². The summed E-state index contributed by atoms with van der Waals surface area (Å²) in [5.74, 6) is 0.727. The fourth-order valence-corrected chi connectivity index (χ4v) is 3.09. The Kier molecular flexibility index (Phi) is 4.26. The lowest BCUT2D eigenvalue weighted by molar-refractivity contribution is 0.372. The number of nitrogens with one attached hydrogen (secondary N) is 1. The molecule has 1 N–H and O–H groups in total. The zero-order valence-electron chi connectivity index (χ0n) is 12.9. The van der Waals surface area contributed by atoms with Crippen LogP contribution in [0.25, 0.3) is 0 Å². The van der Waals surface area contributed by atoms with Crippen LogP contribution in [-0.4, -0.2) is 25.0 Å². The number of anilines is 1. The van der Waals surface area contributed by atoms with Crippen molar-refractivity contribution in [3.63, 3.8) is 0 Å². The molecule has 2 heteroatoms. The van der Waals surface area contributed by atoms with Crippen LogP contribution in [0.3, 0.4) is 0 Å². The molecule has 2 aromatic carbocycles. The molecule has 0 aromatic heterocycles. The Labute approximate surface area is 127 Å². The normalized spacial score (nSPS) is 21.1. The third kappa shape index (κ3) is 3.45. The lowest BCUT2D eigenvalue weighted by atomic mass is 9.76. The first-order valence-corrected chi connectivity index (χ1v) is 7.76. The van der Waals surface area contributed by atoms with Gasteiger partial charge in [0.2, 0.25) is 0 Å². The van der Waals surface area contributed by atoms with Gasteiger partial charge in [0.1, 0.15) is 0 Å². The van der Waals surface area contributed by atoms with Gasteiger partial charge in [-0.2, -0.15) is 0 Å². The molecule has 0 spiro atoms. The van der Waals surface area contributed by atoms with Crippen LogP contribution in [0.15, 0.2) is 54.6 Å². The molecular formula is C19H24N2. The molecule has 0 saturated heterocycles. The third-order valence-corrected chi connectivity index (χ3v) is 4.27. The molecule has 110 valence electrons. The molecule has 0 radical (unpaired) electrons. The molecule has 2 aromatic rings. The van der Waals surface area contributed by atoms with Crippen molar-refractivity contribution in [2.24, 2.45) is 0 Å². The van der Waals surface area contributed by atoms with Gasteiger partial charge >= 0.3 is 0 Å². The molecule has 1 aliphatic carbocycles. The molecule has 2 nitrogen and oxygen atoms in total. The van der Waals surface area contributed by atoms with Gasteiger partial charge in [0.15, 0.2) is 0 Å². The summed E-state index contributed by atoms with van der Waals surface area (Å²) in [5.41, 5.74) is 4.16. The van der Waals surface area contributed by atoms with Crippen LogP contribution in [-0.2, 0) is 6.54 Å². The largest absolute Gasteiger partial charge is 0.382 e. The summed E-state index contributed by atoms with van der Waals surface area (Å²) in [5, 5.41) is 3.73. The number of benzene rings is 2. The highest BCUT2D eigenvalue weighted by atomic mass is 15.1. The van der Waals surface area contributed by atoms with Crippen molar-refractivity contribution in [2.75, 3.05) is 19.4 Å². The topological polar surface area (TPSA) is 15.3 Å². The summed E-state index contributed by atoms with van der Waals surface area (Å²) in [4.78, 5) is 2.22. The van der Waals surface area contributed by atoms with Crippen LogP contribution in [0, 0.1) is 0 Å². The monoisotopic (exact) mass is 280 g/mol. The minimum atomic E-state index is 0.610. The Morgan fingerprint density at radius 3 is 2.33 bits per heavy atom. The highest BCUT2D eigenvalue weighted by Crippen LogP contribution is 2.38. The minimum Gasteiger partial charge on any atom is -0.382 e. The highest BCUT2D eigenvalue weighted by Gasteiger charge is 2.30. The zero-order chi connectivity index (χ0) is 14.7. The Bertz CT molecular complexity index is 571. The second kappa shape index (κ2) is 6.31. The highest BCUT2D eigenvalue weighted by molar-refractivity contribution is 5.52. The van der Waals surface area contributed by atoms with Crippen LogP contribution in [0.5, 0.6) is 0 Å². The number of para-hydroxylation sites is 1. The van der Waals surface area contributed by atoms with Gasteiger partial charge in [-0.25, -0.2) is 0 Å². The first-order chi connectivity index (χ1) is 10.2.